The van der Waals surface area contributed by atoms with E-state index < -0.39 is 0 Å². The van der Waals surface area contributed by atoms with Gasteiger partial charge in [-0.15, -0.1) is 12.4 Å². The Hall–Kier alpha value is -0.530. The zero-order chi connectivity index (χ0) is 11.7. The second-order valence-electron chi connectivity index (χ2n) is 5.83. The average Bonchev–Trinajstić information content (AvgIpc) is 2.41. The van der Waals surface area contributed by atoms with Crippen molar-refractivity contribution in [3.8, 4) is 0 Å². The fraction of sp³-hybridized carbons (Fsp3) is 0.625. The Bertz CT molecular complexity index is 357. The monoisotopic (exact) mass is 265 g/mol. The summed E-state index contributed by atoms with van der Waals surface area (Å²) in [7, 11) is 2.10. The summed E-state index contributed by atoms with van der Waals surface area (Å²) in [4.78, 5) is 0. The fourth-order valence-corrected chi connectivity index (χ4v) is 4.30. The highest BCUT2D eigenvalue weighted by atomic mass is 35.5. The number of hydrogen-bond donors (Lipinski definition) is 1. The first kappa shape index (κ1) is 13.9. The lowest BCUT2D eigenvalue weighted by atomic mass is 9.57. The molecular formula is C16H24ClN. The van der Waals surface area contributed by atoms with E-state index in [2.05, 4.69) is 42.7 Å². The highest BCUT2D eigenvalue weighted by Gasteiger charge is 2.43. The highest BCUT2D eigenvalue weighted by Crippen LogP contribution is 2.52. The van der Waals surface area contributed by atoms with Crippen LogP contribution in [0.15, 0.2) is 30.3 Å². The summed E-state index contributed by atoms with van der Waals surface area (Å²) < 4.78 is 0. The fourth-order valence-electron chi connectivity index (χ4n) is 4.30. The number of halogens is 1. The van der Waals surface area contributed by atoms with Crippen molar-refractivity contribution in [3.63, 3.8) is 0 Å². The van der Waals surface area contributed by atoms with Crippen LogP contribution >= 0.6 is 12.4 Å². The second-order valence-corrected chi connectivity index (χ2v) is 5.83. The van der Waals surface area contributed by atoms with Crippen molar-refractivity contribution in [3.05, 3.63) is 35.9 Å². The Labute approximate surface area is 117 Å². The van der Waals surface area contributed by atoms with Crippen LogP contribution < -0.4 is 5.32 Å². The van der Waals surface area contributed by atoms with Gasteiger partial charge in [-0.1, -0.05) is 30.3 Å². The molecule has 0 spiro atoms. The number of fused-ring (bicyclic) bond motifs is 3. The largest absolute Gasteiger partial charge is 0.319 e. The second kappa shape index (κ2) is 6.08. The minimum Gasteiger partial charge on any atom is -0.319 e. The van der Waals surface area contributed by atoms with Crippen LogP contribution in [0.4, 0.5) is 0 Å². The summed E-state index contributed by atoms with van der Waals surface area (Å²) in [5.41, 5.74) is 1.59. The number of benzene rings is 1. The molecule has 0 heterocycles. The van der Waals surface area contributed by atoms with Gasteiger partial charge < -0.3 is 5.32 Å². The molecule has 4 rings (SSSR count). The van der Waals surface area contributed by atoms with Crippen LogP contribution in [0.5, 0.6) is 0 Å². The Morgan fingerprint density at radius 3 is 2.22 bits per heavy atom. The first-order valence-electron chi connectivity index (χ1n) is 7.09. The Balaban J connectivity index is 0.00000120. The number of rotatable bonds is 3. The molecule has 100 valence electrons. The van der Waals surface area contributed by atoms with Crippen molar-refractivity contribution in [1.82, 2.24) is 5.32 Å². The molecule has 3 aliphatic rings. The van der Waals surface area contributed by atoms with E-state index in [9.17, 15) is 0 Å². The Kier molecular flexibility index (Phi) is 4.69. The molecule has 0 radical (unpaired) electrons. The van der Waals surface area contributed by atoms with Gasteiger partial charge in [0.1, 0.15) is 0 Å². The van der Waals surface area contributed by atoms with Crippen LogP contribution in [-0.2, 0) is 0 Å². The molecule has 18 heavy (non-hydrogen) atoms. The lowest BCUT2D eigenvalue weighted by Gasteiger charge is -2.49. The molecule has 0 amide bonds. The number of hydrogen-bond acceptors (Lipinski definition) is 1. The summed E-state index contributed by atoms with van der Waals surface area (Å²) in [5, 5.41) is 3.42. The van der Waals surface area contributed by atoms with E-state index in [1.54, 1.807) is 5.56 Å². The third-order valence-corrected chi connectivity index (χ3v) is 5.02. The molecule has 0 aromatic heterocycles. The molecule has 0 unspecified atom stereocenters. The number of nitrogens with one attached hydrogen (secondary N) is 1. The zero-order valence-corrected chi connectivity index (χ0v) is 12.0. The zero-order valence-electron chi connectivity index (χ0n) is 11.1. The van der Waals surface area contributed by atoms with Gasteiger partial charge in [-0.2, -0.15) is 0 Å². The molecule has 1 nitrogen and oxygen atoms in total. The summed E-state index contributed by atoms with van der Waals surface area (Å²) in [6.45, 7) is 1.20. The van der Waals surface area contributed by atoms with Gasteiger partial charge in [0.25, 0.3) is 0 Å². The Morgan fingerprint density at radius 2 is 1.61 bits per heavy atom. The molecule has 2 heteroatoms. The van der Waals surface area contributed by atoms with Crippen LogP contribution in [0.2, 0.25) is 0 Å². The quantitative estimate of drug-likeness (QED) is 0.876. The SMILES string of the molecule is CNC[C@@H]1C2CCC(CC2)[C@@H]1c1ccccc1.Cl. The minimum atomic E-state index is 0. The molecule has 3 saturated carbocycles. The predicted molar refractivity (Wildman–Crippen MR) is 79.3 cm³/mol. The van der Waals surface area contributed by atoms with Gasteiger partial charge >= 0.3 is 0 Å². The first-order valence-corrected chi connectivity index (χ1v) is 7.09. The molecule has 2 bridgehead atoms. The van der Waals surface area contributed by atoms with Crippen LogP contribution in [0.1, 0.15) is 37.2 Å². The van der Waals surface area contributed by atoms with E-state index in [4.69, 9.17) is 0 Å². The maximum absolute atomic E-state index is 3.42. The molecule has 0 saturated heterocycles. The smallest absolute Gasteiger partial charge is 0.00149 e. The minimum absolute atomic E-state index is 0. The van der Waals surface area contributed by atoms with Crippen LogP contribution in [-0.4, -0.2) is 13.6 Å². The predicted octanol–water partition coefficient (Wildman–Crippen LogP) is 3.85. The van der Waals surface area contributed by atoms with Gasteiger partial charge in [-0.25, -0.2) is 0 Å². The molecule has 3 fully saturated rings. The maximum atomic E-state index is 3.42. The third kappa shape index (κ3) is 2.44. The van der Waals surface area contributed by atoms with E-state index in [1.165, 1.54) is 32.2 Å². The van der Waals surface area contributed by atoms with Crippen molar-refractivity contribution in [2.24, 2.45) is 17.8 Å². The lowest BCUT2D eigenvalue weighted by Crippen LogP contribution is -2.42. The molecule has 1 aromatic carbocycles. The van der Waals surface area contributed by atoms with E-state index in [0.717, 1.165) is 23.7 Å². The van der Waals surface area contributed by atoms with Crippen molar-refractivity contribution in [1.29, 1.82) is 0 Å². The van der Waals surface area contributed by atoms with Gasteiger partial charge in [0.15, 0.2) is 0 Å². The van der Waals surface area contributed by atoms with E-state index >= 15 is 0 Å². The van der Waals surface area contributed by atoms with Crippen LogP contribution in [0, 0.1) is 17.8 Å². The molecule has 1 aromatic rings. The van der Waals surface area contributed by atoms with Crippen LogP contribution in [0.3, 0.4) is 0 Å². The van der Waals surface area contributed by atoms with Gasteiger partial charge in [-0.05, 0) is 68.5 Å². The van der Waals surface area contributed by atoms with Gasteiger partial charge in [0.05, 0.1) is 0 Å². The van der Waals surface area contributed by atoms with Gasteiger partial charge in [0.2, 0.25) is 0 Å². The van der Waals surface area contributed by atoms with E-state index in [-0.39, 0.29) is 12.4 Å². The summed E-state index contributed by atoms with van der Waals surface area (Å²) >= 11 is 0. The normalized spacial score (nSPS) is 34.1. The molecular weight excluding hydrogens is 242 g/mol. The average molecular weight is 266 g/mol. The first-order chi connectivity index (χ1) is 8.40. The maximum Gasteiger partial charge on any atom is -0.00149 e. The van der Waals surface area contributed by atoms with Crippen molar-refractivity contribution in [2.45, 2.75) is 31.6 Å². The molecule has 1 N–H and O–H groups in total. The molecule has 2 atom stereocenters. The standard InChI is InChI=1S/C16H23N.ClH/c1-17-11-15-12-7-9-14(10-8-12)16(15)13-5-3-2-4-6-13;/h2-6,12,14-17H,7-11H2,1H3;1H/t12?,14?,15-,16+;/m1./s1. The lowest BCUT2D eigenvalue weighted by molar-refractivity contribution is 0.0688. The van der Waals surface area contributed by atoms with E-state index in [0.29, 0.717) is 0 Å². The van der Waals surface area contributed by atoms with Crippen molar-refractivity contribution >= 4 is 12.4 Å². The van der Waals surface area contributed by atoms with Gasteiger partial charge in [0, 0.05) is 0 Å². The Morgan fingerprint density at radius 1 is 1.00 bits per heavy atom. The topological polar surface area (TPSA) is 12.0 Å². The van der Waals surface area contributed by atoms with Crippen molar-refractivity contribution < 1.29 is 0 Å². The highest BCUT2D eigenvalue weighted by molar-refractivity contribution is 5.85. The van der Waals surface area contributed by atoms with E-state index in [1.807, 2.05) is 0 Å². The summed E-state index contributed by atoms with van der Waals surface area (Å²) in [6, 6.07) is 11.2. The third-order valence-electron chi connectivity index (χ3n) is 5.02. The summed E-state index contributed by atoms with van der Waals surface area (Å²) in [6.07, 6.45) is 5.87. The molecule has 0 aliphatic heterocycles. The van der Waals surface area contributed by atoms with Crippen LogP contribution in [0.25, 0.3) is 0 Å². The van der Waals surface area contributed by atoms with Gasteiger partial charge in [-0.3, -0.25) is 0 Å². The summed E-state index contributed by atoms with van der Waals surface area (Å²) in [5.74, 6) is 3.60. The van der Waals surface area contributed by atoms with Crippen molar-refractivity contribution in [2.75, 3.05) is 13.6 Å². The molecule has 3 aliphatic carbocycles.